The van der Waals surface area contributed by atoms with E-state index in [4.69, 9.17) is 32.7 Å². The highest BCUT2D eigenvalue weighted by molar-refractivity contribution is 8.00. The Bertz CT molecular complexity index is 859. The predicted molar refractivity (Wildman–Crippen MR) is 111 cm³/mol. The molecule has 7 heteroatoms. The molecule has 27 heavy (non-hydrogen) atoms. The van der Waals surface area contributed by atoms with Gasteiger partial charge >= 0.3 is 0 Å². The number of benzene rings is 2. The third-order valence-corrected chi connectivity index (χ3v) is 6.00. The molecule has 3 rings (SSSR count). The van der Waals surface area contributed by atoms with Crippen molar-refractivity contribution in [3.05, 3.63) is 70.2 Å². The second kappa shape index (κ2) is 8.91. The number of hydrogen-bond donors (Lipinski definition) is 0. The van der Waals surface area contributed by atoms with Crippen LogP contribution < -0.4 is 9.47 Å². The number of hydrogen-bond acceptors (Lipinski definition) is 4. The van der Waals surface area contributed by atoms with Crippen LogP contribution in [-0.2, 0) is 11.3 Å². The number of nitrogens with zero attached hydrogens (tertiary/aromatic N) is 1. The van der Waals surface area contributed by atoms with Crippen LogP contribution in [0, 0.1) is 0 Å². The molecule has 2 aromatic carbocycles. The highest BCUT2D eigenvalue weighted by atomic mass is 35.5. The summed E-state index contributed by atoms with van der Waals surface area (Å²) in [7, 11) is 1.60. The summed E-state index contributed by atoms with van der Waals surface area (Å²) in [4.78, 5) is 14.3. The number of amides is 1. The number of carbonyl (C=O) groups excluding carboxylic acids is 1. The SMILES string of the molecule is C=CCOc1ccc([C@H]2SCC(=O)N2Cc2ccc(Cl)cc2Cl)cc1OC. The van der Waals surface area contributed by atoms with Gasteiger partial charge in [-0.25, -0.2) is 0 Å². The molecular weight excluding hydrogens is 405 g/mol. The Balaban J connectivity index is 1.86. The van der Waals surface area contributed by atoms with Crippen molar-refractivity contribution in [1.82, 2.24) is 4.90 Å². The molecule has 1 atom stereocenters. The van der Waals surface area contributed by atoms with Crippen LogP contribution in [0.4, 0.5) is 0 Å². The van der Waals surface area contributed by atoms with Gasteiger partial charge < -0.3 is 14.4 Å². The van der Waals surface area contributed by atoms with Crippen molar-refractivity contribution < 1.29 is 14.3 Å². The Kier molecular flexibility index (Phi) is 6.58. The molecule has 1 amide bonds. The molecule has 0 radical (unpaired) electrons. The smallest absolute Gasteiger partial charge is 0.234 e. The van der Waals surface area contributed by atoms with Gasteiger partial charge in [-0.1, -0.05) is 48.0 Å². The third kappa shape index (κ3) is 4.54. The van der Waals surface area contributed by atoms with Gasteiger partial charge in [0.25, 0.3) is 0 Å². The van der Waals surface area contributed by atoms with E-state index < -0.39 is 0 Å². The summed E-state index contributed by atoms with van der Waals surface area (Å²) in [6.07, 6.45) is 1.68. The van der Waals surface area contributed by atoms with Crippen molar-refractivity contribution in [3.8, 4) is 11.5 Å². The number of halogens is 2. The van der Waals surface area contributed by atoms with E-state index in [9.17, 15) is 4.79 Å². The van der Waals surface area contributed by atoms with Gasteiger partial charge in [0.05, 0.1) is 12.9 Å². The Morgan fingerprint density at radius 1 is 1.26 bits per heavy atom. The van der Waals surface area contributed by atoms with Gasteiger partial charge in [-0.2, -0.15) is 0 Å². The Morgan fingerprint density at radius 3 is 2.78 bits per heavy atom. The minimum Gasteiger partial charge on any atom is -0.493 e. The van der Waals surface area contributed by atoms with Gasteiger partial charge in [-0.3, -0.25) is 4.79 Å². The van der Waals surface area contributed by atoms with Crippen LogP contribution >= 0.6 is 35.0 Å². The average molecular weight is 424 g/mol. The predicted octanol–water partition coefficient (Wildman–Crippen LogP) is 5.34. The second-order valence-electron chi connectivity index (χ2n) is 5.93. The second-order valence-corrected chi connectivity index (χ2v) is 7.84. The summed E-state index contributed by atoms with van der Waals surface area (Å²) in [6.45, 7) is 4.47. The minimum absolute atomic E-state index is 0.0713. The van der Waals surface area contributed by atoms with E-state index in [0.717, 1.165) is 11.1 Å². The lowest BCUT2D eigenvalue weighted by Crippen LogP contribution is -2.27. The maximum absolute atomic E-state index is 12.5. The zero-order valence-electron chi connectivity index (χ0n) is 14.8. The first-order valence-electron chi connectivity index (χ1n) is 8.30. The monoisotopic (exact) mass is 423 g/mol. The van der Waals surface area contributed by atoms with Crippen molar-refractivity contribution in [2.45, 2.75) is 11.9 Å². The molecule has 142 valence electrons. The van der Waals surface area contributed by atoms with Gasteiger partial charge in [0, 0.05) is 16.6 Å². The van der Waals surface area contributed by atoms with Gasteiger partial charge in [0.2, 0.25) is 5.91 Å². The average Bonchev–Trinajstić information content (AvgIpc) is 3.02. The number of rotatable bonds is 7. The van der Waals surface area contributed by atoms with Crippen molar-refractivity contribution in [2.75, 3.05) is 19.5 Å². The Labute approximate surface area is 173 Å². The Hall–Kier alpha value is -1.82. The van der Waals surface area contributed by atoms with Crippen LogP contribution in [0.25, 0.3) is 0 Å². The number of thioether (sulfide) groups is 1. The molecule has 0 unspecified atom stereocenters. The van der Waals surface area contributed by atoms with Crippen LogP contribution in [0.15, 0.2) is 49.1 Å². The summed E-state index contributed by atoms with van der Waals surface area (Å²) in [5.41, 5.74) is 1.83. The molecule has 0 aromatic heterocycles. The molecule has 1 aliphatic rings. The van der Waals surface area contributed by atoms with E-state index >= 15 is 0 Å². The van der Waals surface area contributed by atoms with Crippen molar-refractivity contribution in [3.63, 3.8) is 0 Å². The number of ether oxygens (including phenoxy) is 2. The summed E-state index contributed by atoms with van der Waals surface area (Å²) in [5.74, 6) is 1.76. The molecule has 1 heterocycles. The third-order valence-electron chi connectivity index (χ3n) is 4.15. The van der Waals surface area contributed by atoms with E-state index in [2.05, 4.69) is 6.58 Å². The van der Waals surface area contributed by atoms with E-state index in [-0.39, 0.29) is 11.3 Å². The van der Waals surface area contributed by atoms with Crippen LogP contribution in [0.2, 0.25) is 10.0 Å². The van der Waals surface area contributed by atoms with Gasteiger partial charge in [0.1, 0.15) is 12.0 Å². The largest absolute Gasteiger partial charge is 0.493 e. The highest BCUT2D eigenvalue weighted by Gasteiger charge is 2.33. The van der Waals surface area contributed by atoms with Crippen molar-refractivity contribution in [1.29, 1.82) is 0 Å². The molecule has 1 saturated heterocycles. The zero-order valence-corrected chi connectivity index (χ0v) is 17.1. The Morgan fingerprint density at radius 2 is 2.07 bits per heavy atom. The summed E-state index contributed by atoms with van der Waals surface area (Å²) in [5, 5.41) is 1.01. The molecule has 4 nitrogen and oxygen atoms in total. The normalized spacial score (nSPS) is 16.5. The molecule has 0 saturated carbocycles. The van der Waals surface area contributed by atoms with E-state index in [1.165, 1.54) is 0 Å². The van der Waals surface area contributed by atoms with E-state index in [1.54, 1.807) is 37.1 Å². The van der Waals surface area contributed by atoms with Crippen molar-refractivity contribution in [2.24, 2.45) is 0 Å². The summed E-state index contributed by atoms with van der Waals surface area (Å²) < 4.78 is 11.1. The van der Waals surface area contributed by atoms with Crippen LogP contribution in [-0.4, -0.2) is 30.3 Å². The molecule has 1 aliphatic heterocycles. The number of carbonyl (C=O) groups is 1. The van der Waals surface area contributed by atoms with Gasteiger partial charge in [-0.05, 0) is 35.4 Å². The molecule has 2 aromatic rings. The zero-order chi connectivity index (χ0) is 19.4. The molecule has 1 fully saturated rings. The molecule has 0 N–H and O–H groups in total. The molecule has 0 aliphatic carbocycles. The topological polar surface area (TPSA) is 38.8 Å². The first-order valence-corrected chi connectivity index (χ1v) is 10.1. The van der Waals surface area contributed by atoms with Crippen LogP contribution in [0.1, 0.15) is 16.5 Å². The molecular formula is C20H19Cl2NO3S. The first kappa shape index (κ1) is 19.9. The van der Waals surface area contributed by atoms with E-state index in [0.29, 0.717) is 40.4 Å². The molecule has 0 bridgehead atoms. The molecule has 0 spiro atoms. The summed E-state index contributed by atoms with van der Waals surface area (Å²) in [6, 6.07) is 11.0. The van der Waals surface area contributed by atoms with Gasteiger partial charge in [-0.15, -0.1) is 11.8 Å². The highest BCUT2D eigenvalue weighted by Crippen LogP contribution is 2.42. The lowest BCUT2D eigenvalue weighted by molar-refractivity contribution is -0.128. The maximum Gasteiger partial charge on any atom is 0.234 e. The minimum atomic E-state index is -0.119. The van der Waals surface area contributed by atoms with Gasteiger partial charge in [0.15, 0.2) is 11.5 Å². The quantitative estimate of drug-likeness (QED) is 0.563. The fourth-order valence-corrected chi connectivity index (χ4v) is 4.49. The fraction of sp³-hybridized carbons (Fsp3) is 0.250. The van der Waals surface area contributed by atoms with Crippen LogP contribution in [0.5, 0.6) is 11.5 Å². The van der Waals surface area contributed by atoms with Crippen molar-refractivity contribution >= 4 is 40.9 Å². The number of methoxy groups -OCH3 is 1. The van der Waals surface area contributed by atoms with E-state index in [1.807, 2.05) is 29.2 Å². The lowest BCUT2D eigenvalue weighted by atomic mass is 10.1. The first-order chi connectivity index (χ1) is 13.0. The standard InChI is InChI=1S/C20H19Cl2NO3S/c1-3-8-26-17-7-5-13(9-18(17)25-2)20-23(19(24)12-27-20)11-14-4-6-15(21)10-16(14)22/h3-7,9-10,20H,1,8,11-12H2,2H3/t20-/m1/s1. The maximum atomic E-state index is 12.5. The summed E-state index contributed by atoms with van der Waals surface area (Å²) >= 11 is 13.8. The fourth-order valence-electron chi connectivity index (χ4n) is 2.84. The van der Waals surface area contributed by atoms with Crippen LogP contribution in [0.3, 0.4) is 0 Å². The lowest BCUT2D eigenvalue weighted by Gasteiger charge is -2.25.